The maximum absolute atomic E-state index is 4.71. The molecule has 0 amide bonds. The van der Waals surface area contributed by atoms with Crippen molar-refractivity contribution in [2.45, 2.75) is 40.5 Å². The van der Waals surface area contributed by atoms with Crippen molar-refractivity contribution in [3.05, 3.63) is 106 Å². The standard InChI is InChI=1S/C30H32N4S/c1-20-11-14-26(15-12-20)34-27-16-13-24(17-25(27)18-32-34)28(23-9-7-6-8-10-23)30(4,5)19-31-29-33-21(2)22(3)35-29/h6-18,28H,19H2,1-5H3,(H,31,33). The molecule has 5 rings (SSSR count). The van der Waals surface area contributed by atoms with Crippen LogP contribution in [0.5, 0.6) is 0 Å². The van der Waals surface area contributed by atoms with E-state index in [0.717, 1.165) is 34.0 Å². The number of hydrogen-bond donors (Lipinski definition) is 1. The Bertz CT molecular complexity index is 1430. The molecule has 0 bridgehead atoms. The van der Waals surface area contributed by atoms with Gasteiger partial charge in [-0.1, -0.05) is 67.9 Å². The minimum Gasteiger partial charge on any atom is -0.361 e. The maximum atomic E-state index is 4.71. The van der Waals surface area contributed by atoms with E-state index in [-0.39, 0.29) is 11.3 Å². The van der Waals surface area contributed by atoms with E-state index in [4.69, 9.17) is 10.1 Å². The van der Waals surface area contributed by atoms with Crippen LogP contribution in [-0.4, -0.2) is 21.3 Å². The van der Waals surface area contributed by atoms with Crippen molar-refractivity contribution in [1.29, 1.82) is 0 Å². The molecule has 3 aromatic carbocycles. The molecule has 178 valence electrons. The Balaban J connectivity index is 1.51. The summed E-state index contributed by atoms with van der Waals surface area (Å²) in [5.74, 6) is 0.213. The molecular weight excluding hydrogens is 448 g/mol. The monoisotopic (exact) mass is 480 g/mol. The lowest BCUT2D eigenvalue weighted by Gasteiger charge is -2.35. The Morgan fingerprint density at radius 2 is 1.66 bits per heavy atom. The van der Waals surface area contributed by atoms with Crippen molar-refractivity contribution in [2.75, 3.05) is 11.9 Å². The van der Waals surface area contributed by atoms with Gasteiger partial charge in [0.05, 0.1) is 23.1 Å². The van der Waals surface area contributed by atoms with E-state index >= 15 is 0 Å². The largest absolute Gasteiger partial charge is 0.361 e. The molecule has 5 heteroatoms. The quantitative estimate of drug-likeness (QED) is 0.260. The fraction of sp³-hybridized carbons (Fsp3) is 0.267. The minimum absolute atomic E-state index is 0.0601. The van der Waals surface area contributed by atoms with Gasteiger partial charge in [0.1, 0.15) is 0 Å². The molecule has 2 heterocycles. The maximum Gasteiger partial charge on any atom is 0.183 e. The van der Waals surface area contributed by atoms with Gasteiger partial charge in [-0.2, -0.15) is 5.10 Å². The normalized spacial score (nSPS) is 12.7. The van der Waals surface area contributed by atoms with Gasteiger partial charge in [-0.3, -0.25) is 0 Å². The highest BCUT2D eigenvalue weighted by molar-refractivity contribution is 7.15. The highest BCUT2D eigenvalue weighted by Crippen LogP contribution is 2.42. The van der Waals surface area contributed by atoms with Crippen molar-refractivity contribution < 1.29 is 0 Å². The van der Waals surface area contributed by atoms with E-state index in [2.05, 4.69) is 113 Å². The van der Waals surface area contributed by atoms with Crippen LogP contribution in [0, 0.1) is 26.2 Å². The lowest BCUT2D eigenvalue weighted by molar-refractivity contribution is 0.340. The number of aryl methyl sites for hydroxylation is 3. The number of nitrogens with zero attached hydrogens (tertiary/aromatic N) is 3. The lowest BCUT2D eigenvalue weighted by atomic mass is 9.71. The molecule has 4 nitrogen and oxygen atoms in total. The Morgan fingerprint density at radius 3 is 2.34 bits per heavy atom. The molecule has 0 aliphatic carbocycles. The van der Waals surface area contributed by atoms with Crippen LogP contribution >= 0.6 is 11.3 Å². The van der Waals surface area contributed by atoms with Crippen LogP contribution in [0.15, 0.2) is 79.0 Å². The fourth-order valence-corrected chi connectivity index (χ4v) is 5.63. The van der Waals surface area contributed by atoms with Crippen molar-refractivity contribution in [2.24, 2.45) is 5.41 Å². The van der Waals surface area contributed by atoms with Gasteiger partial charge in [0.25, 0.3) is 0 Å². The van der Waals surface area contributed by atoms with Crippen LogP contribution < -0.4 is 5.32 Å². The number of nitrogens with one attached hydrogen (secondary N) is 1. The number of hydrogen-bond acceptors (Lipinski definition) is 4. The average molecular weight is 481 g/mol. The second-order valence-corrected chi connectivity index (χ2v) is 11.3. The summed E-state index contributed by atoms with van der Waals surface area (Å²) in [6.45, 7) is 11.8. The van der Waals surface area contributed by atoms with Gasteiger partial charge in [0.2, 0.25) is 0 Å². The smallest absolute Gasteiger partial charge is 0.183 e. The van der Waals surface area contributed by atoms with Crippen molar-refractivity contribution in [3.63, 3.8) is 0 Å². The van der Waals surface area contributed by atoms with E-state index in [0.29, 0.717) is 0 Å². The second kappa shape index (κ2) is 9.31. The fourth-order valence-electron chi connectivity index (χ4n) is 4.82. The summed E-state index contributed by atoms with van der Waals surface area (Å²) in [6.07, 6.45) is 1.98. The van der Waals surface area contributed by atoms with Gasteiger partial charge in [0.15, 0.2) is 5.13 Å². The molecule has 1 atom stereocenters. The third-order valence-electron chi connectivity index (χ3n) is 6.84. The lowest BCUT2D eigenvalue weighted by Crippen LogP contribution is -2.31. The van der Waals surface area contributed by atoms with Crippen LogP contribution in [0.1, 0.15) is 47.0 Å². The molecule has 0 aliphatic rings. The summed E-state index contributed by atoms with van der Waals surface area (Å²) >= 11 is 1.73. The highest BCUT2D eigenvalue weighted by Gasteiger charge is 2.32. The molecule has 0 spiro atoms. The molecule has 0 aliphatic heterocycles. The highest BCUT2D eigenvalue weighted by atomic mass is 32.1. The number of aromatic nitrogens is 3. The van der Waals surface area contributed by atoms with Crippen molar-refractivity contribution in [3.8, 4) is 5.69 Å². The Hall–Kier alpha value is -3.44. The first-order valence-corrected chi connectivity index (χ1v) is 12.9. The van der Waals surface area contributed by atoms with Crippen LogP contribution in [0.3, 0.4) is 0 Å². The van der Waals surface area contributed by atoms with Gasteiger partial charge in [0, 0.05) is 22.7 Å². The van der Waals surface area contributed by atoms with E-state index in [1.165, 1.54) is 21.6 Å². The molecule has 0 saturated carbocycles. The average Bonchev–Trinajstić information content (AvgIpc) is 3.41. The van der Waals surface area contributed by atoms with Crippen molar-refractivity contribution >= 4 is 27.4 Å². The predicted molar refractivity (Wildman–Crippen MR) is 148 cm³/mol. The van der Waals surface area contributed by atoms with E-state index in [1.807, 2.05) is 10.9 Å². The van der Waals surface area contributed by atoms with Gasteiger partial charge in [-0.25, -0.2) is 9.67 Å². The summed E-state index contributed by atoms with van der Waals surface area (Å²) in [7, 11) is 0. The summed E-state index contributed by atoms with van der Waals surface area (Å²) < 4.78 is 2.02. The van der Waals surface area contributed by atoms with E-state index in [9.17, 15) is 0 Å². The van der Waals surface area contributed by atoms with Crippen molar-refractivity contribution in [1.82, 2.24) is 14.8 Å². The van der Waals surface area contributed by atoms with Gasteiger partial charge >= 0.3 is 0 Å². The molecule has 1 N–H and O–H groups in total. The molecule has 0 saturated heterocycles. The first-order chi connectivity index (χ1) is 16.8. The van der Waals surface area contributed by atoms with Crippen LogP contribution in [0.2, 0.25) is 0 Å². The number of thiazole rings is 1. The first kappa shape index (κ1) is 23.3. The Morgan fingerprint density at radius 1 is 0.914 bits per heavy atom. The Labute approximate surface area is 211 Å². The molecule has 35 heavy (non-hydrogen) atoms. The molecule has 0 radical (unpaired) electrons. The summed E-state index contributed by atoms with van der Waals surface area (Å²) in [5.41, 5.74) is 7.10. The second-order valence-electron chi connectivity index (χ2n) is 10.1. The molecule has 2 aromatic heterocycles. The third kappa shape index (κ3) is 4.73. The predicted octanol–water partition coefficient (Wildman–Crippen LogP) is 7.68. The number of rotatable bonds is 7. The van der Waals surface area contributed by atoms with Gasteiger partial charge in [-0.15, -0.1) is 11.3 Å². The molecule has 1 unspecified atom stereocenters. The molecule has 5 aromatic rings. The van der Waals surface area contributed by atoms with Crippen LogP contribution in [-0.2, 0) is 0 Å². The number of anilines is 1. The topological polar surface area (TPSA) is 42.7 Å². The van der Waals surface area contributed by atoms with E-state index < -0.39 is 0 Å². The minimum atomic E-state index is -0.0601. The summed E-state index contributed by atoms with van der Waals surface area (Å²) in [5, 5.41) is 10.5. The molecular formula is C30H32N4S. The van der Waals surface area contributed by atoms with Gasteiger partial charge in [-0.05, 0) is 61.6 Å². The zero-order valence-corrected chi connectivity index (χ0v) is 21.9. The SMILES string of the molecule is Cc1ccc(-n2ncc3cc(C(c4ccccc4)C(C)(C)CNc4nc(C)c(C)s4)ccc32)cc1. The number of fused-ring (bicyclic) bond motifs is 1. The zero-order chi connectivity index (χ0) is 24.6. The van der Waals surface area contributed by atoms with Crippen LogP contribution in [0.25, 0.3) is 16.6 Å². The zero-order valence-electron chi connectivity index (χ0n) is 21.0. The van der Waals surface area contributed by atoms with E-state index in [1.54, 1.807) is 11.3 Å². The third-order valence-corrected chi connectivity index (χ3v) is 7.87. The summed E-state index contributed by atoms with van der Waals surface area (Å²) in [6, 6.07) is 26.1. The number of benzene rings is 3. The first-order valence-electron chi connectivity index (χ1n) is 12.1. The summed E-state index contributed by atoms with van der Waals surface area (Å²) in [4.78, 5) is 5.96. The molecule has 0 fully saturated rings. The van der Waals surface area contributed by atoms with Crippen LogP contribution in [0.4, 0.5) is 5.13 Å². The Kier molecular flexibility index (Phi) is 6.20. The van der Waals surface area contributed by atoms with Gasteiger partial charge < -0.3 is 5.32 Å².